The van der Waals surface area contributed by atoms with E-state index in [1.54, 1.807) is 19.1 Å². The SMILES string of the molecule is CC(=O)N1CCC(Nc2ccc([N+](=O)[O-])c(Cl)c2)CC1. The summed E-state index contributed by atoms with van der Waals surface area (Å²) in [6.45, 7) is 3.03. The Hall–Kier alpha value is -1.82. The third kappa shape index (κ3) is 3.39. The van der Waals surface area contributed by atoms with Gasteiger partial charge in [-0.25, -0.2) is 0 Å². The van der Waals surface area contributed by atoms with Gasteiger partial charge in [0.1, 0.15) is 5.02 Å². The van der Waals surface area contributed by atoms with Gasteiger partial charge in [0.25, 0.3) is 5.69 Å². The Morgan fingerprint density at radius 1 is 1.45 bits per heavy atom. The van der Waals surface area contributed by atoms with Crippen LogP contribution in [-0.4, -0.2) is 34.9 Å². The van der Waals surface area contributed by atoms with Crippen LogP contribution in [0, 0.1) is 10.1 Å². The van der Waals surface area contributed by atoms with Crippen molar-refractivity contribution in [3.8, 4) is 0 Å². The fourth-order valence-corrected chi connectivity index (χ4v) is 2.57. The van der Waals surface area contributed by atoms with Crippen LogP contribution in [0.15, 0.2) is 18.2 Å². The molecule has 0 unspecified atom stereocenters. The normalized spacial score (nSPS) is 16.0. The van der Waals surface area contributed by atoms with Crippen molar-refractivity contribution in [3.63, 3.8) is 0 Å². The molecule has 0 bridgehead atoms. The molecule has 2 rings (SSSR count). The lowest BCUT2D eigenvalue weighted by molar-refractivity contribution is -0.384. The third-order valence-electron chi connectivity index (χ3n) is 3.46. The number of hydrogen-bond donors (Lipinski definition) is 1. The van der Waals surface area contributed by atoms with E-state index in [2.05, 4.69) is 5.32 Å². The number of rotatable bonds is 3. The smallest absolute Gasteiger partial charge is 0.288 e. The zero-order valence-electron chi connectivity index (χ0n) is 11.1. The first-order valence-electron chi connectivity index (χ1n) is 6.43. The summed E-state index contributed by atoms with van der Waals surface area (Å²) in [5.74, 6) is 0.0989. The van der Waals surface area contributed by atoms with E-state index >= 15 is 0 Å². The van der Waals surface area contributed by atoms with E-state index in [0.29, 0.717) is 0 Å². The Morgan fingerprint density at radius 3 is 2.60 bits per heavy atom. The Kier molecular flexibility index (Phi) is 4.44. The zero-order valence-corrected chi connectivity index (χ0v) is 11.9. The highest BCUT2D eigenvalue weighted by atomic mass is 35.5. The Bertz CT molecular complexity index is 528. The lowest BCUT2D eigenvalue weighted by atomic mass is 10.0. The number of likely N-dealkylation sites (tertiary alicyclic amines) is 1. The van der Waals surface area contributed by atoms with Crippen molar-refractivity contribution in [3.05, 3.63) is 33.3 Å². The number of piperidine rings is 1. The van der Waals surface area contributed by atoms with Crippen molar-refractivity contribution in [2.75, 3.05) is 18.4 Å². The topological polar surface area (TPSA) is 75.5 Å². The lowest BCUT2D eigenvalue weighted by Crippen LogP contribution is -2.41. The highest BCUT2D eigenvalue weighted by Crippen LogP contribution is 2.28. The third-order valence-corrected chi connectivity index (χ3v) is 3.76. The van der Waals surface area contributed by atoms with Crippen LogP contribution >= 0.6 is 11.6 Å². The second kappa shape index (κ2) is 6.09. The molecule has 1 aliphatic rings. The molecule has 108 valence electrons. The number of nitro groups is 1. The standard InChI is InChI=1S/C13H16ClN3O3/c1-9(18)16-6-4-10(5-7-16)15-11-2-3-13(17(19)20)12(14)8-11/h2-3,8,10,15H,4-7H2,1H3. The molecule has 0 aromatic heterocycles. The Morgan fingerprint density at radius 2 is 2.10 bits per heavy atom. The number of nitro benzene ring substituents is 1. The van der Waals surface area contributed by atoms with Crippen molar-refractivity contribution >= 4 is 28.9 Å². The van der Waals surface area contributed by atoms with Crippen molar-refractivity contribution in [2.24, 2.45) is 0 Å². The van der Waals surface area contributed by atoms with Crippen molar-refractivity contribution < 1.29 is 9.72 Å². The fourth-order valence-electron chi connectivity index (χ4n) is 2.32. The van der Waals surface area contributed by atoms with E-state index in [4.69, 9.17) is 11.6 Å². The highest BCUT2D eigenvalue weighted by molar-refractivity contribution is 6.32. The molecular formula is C13H16ClN3O3. The molecule has 1 fully saturated rings. The van der Waals surface area contributed by atoms with Crippen molar-refractivity contribution in [2.45, 2.75) is 25.8 Å². The minimum absolute atomic E-state index is 0.0939. The van der Waals surface area contributed by atoms with Crippen molar-refractivity contribution in [1.82, 2.24) is 4.90 Å². The molecule has 0 radical (unpaired) electrons. The summed E-state index contributed by atoms with van der Waals surface area (Å²) >= 11 is 5.87. The maximum atomic E-state index is 11.2. The van der Waals surface area contributed by atoms with Gasteiger partial charge in [0.15, 0.2) is 0 Å². The molecule has 1 aromatic carbocycles. The van der Waals surface area contributed by atoms with Gasteiger partial charge in [-0.2, -0.15) is 0 Å². The van der Waals surface area contributed by atoms with Crippen molar-refractivity contribution in [1.29, 1.82) is 0 Å². The minimum atomic E-state index is -0.503. The van der Waals surface area contributed by atoms with Gasteiger partial charge in [0.2, 0.25) is 5.91 Å². The predicted octanol–water partition coefficient (Wildman–Crippen LogP) is 2.67. The van der Waals surface area contributed by atoms with Crippen LogP contribution < -0.4 is 5.32 Å². The maximum Gasteiger partial charge on any atom is 0.288 e. The zero-order chi connectivity index (χ0) is 14.7. The van der Waals surface area contributed by atoms with Crippen LogP contribution in [0.4, 0.5) is 11.4 Å². The minimum Gasteiger partial charge on any atom is -0.382 e. The molecule has 1 N–H and O–H groups in total. The van der Waals surface area contributed by atoms with E-state index in [1.165, 1.54) is 6.07 Å². The summed E-state index contributed by atoms with van der Waals surface area (Å²) in [6.07, 6.45) is 1.71. The van der Waals surface area contributed by atoms with Gasteiger partial charge in [-0.15, -0.1) is 0 Å². The molecule has 1 aromatic rings. The van der Waals surface area contributed by atoms with E-state index in [1.807, 2.05) is 4.90 Å². The second-order valence-corrected chi connectivity index (χ2v) is 5.26. The van der Waals surface area contributed by atoms with Gasteiger partial charge in [-0.05, 0) is 25.0 Å². The molecule has 1 saturated heterocycles. The molecule has 7 heteroatoms. The molecule has 1 amide bonds. The molecular weight excluding hydrogens is 282 g/mol. The van der Waals surface area contributed by atoms with Gasteiger partial charge in [0.05, 0.1) is 4.92 Å². The number of carbonyl (C=O) groups is 1. The second-order valence-electron chi connectivity index (χ2n) is 4.85. The molecule has 20 heavy (non-hydrogen) atoms. The molecule has 6 nitrogen and oxygen atoms in total. The van der Waals surface area contributed by atoms with Gasteiger partial charge in [-0.1, -0.05) is 11.6 Å². The van der Waals surface area contributed by atoms with Crippen LogP contribution in [-0.2, 0) is 4.79 Å². The van der Waals surface area contributed by atoms with Crippen LogP contribution in [0.1, 0.15) is 19.8 Å². The summed E-state index contributed by atoms with van der Waals surface area (Å²) in [5.41, 5.74) is 0.672. The van der Waals surface area contributed by atoms with Gasteiger partial charge in [-0.3, -0.25) is 14.9 Å². The largest absolute Gasteiger partial charge is 0.382 e. The van der Waals surface area contributed by atoms with Crippen LogP contribution in [0.25, 0.3) is 0 Å². The first-order chi connectivity index (χ1) is 9.47. The molecule has 0 saturated carbocycles. The lowest BCUT2D eigenvalue weighted by Gasteiger charge is -2.32. The average Bonchev–Trinajstić information content (AvgIpc) is 2.39. The Balaban J connectivity index is 1.96. The number of amides is 1. The first kappa shape index (κ1) is 14.6. The van der Waals surface area contributed by atoms with Gasteiger partial charge < -0.3 is 10.2 Å². The Labute approximate surface area is 121 Å². The number of anilines is 1. The fraction of sp³-hybridized carbons (Fsp3) is 0.462. The average molecular weight is 298 g/mol. The van der Waals surface area contributed by atoms with Crippen LogP contribution in [0.5, 0.6) is 0 Å². The maximum absolute atomic E-state index is 11.2. The molecule has 0 atom stereocenters. The number of benzene rings is 1. The number of nitrogens with one attached hydrogen (secondary N) is 1. The molecule has 0 aliphatic carbocycles. The predicted molar refractivity (Wildman–Crippen MR) is 77.0 cm³/mol. The summed E-state index contributed by atoms with van der Waals surface area (Å²) < 4.78 is 0. The summed E-state index contributed by atoms with van der Waals surface area (Å²) in [4.78, 5) is 23.2. The van der Waals surface area contributed by atoms with Crippen LogP contribution in [0.2, 0.25) is 5.02 Å². The molecule has 1 heterocycles. The monoisotopic (exact) mass is 297 g/mol. The highest BCUT2D eigenvalue weighted by Gasteiger charge is 2.21. The number of halogens is 1. The summed E-state index contributed by atoms with van der Waals surface area (Å²) in [5, 5.41) is 14.1. The van der Waals surface area contributed by atoms with E-state index in [0.717, 1.165) is 31.6 Å². The van der Waals surface area contributed by atoms with Crippen LogP contribution in [0.3, 0.4) is 0 Å². The van der Waals surface area contributed by atoms with E-state index in [9.17, 15) is 14.9 Å². The molecule has 1 aliphatic heterocycles. The van der Waals surface area contributed by atoms with Gasteiger partial charge >= 0.3 is 0 Å². The molecule has 0 spiro atoms. The summed E-state index contributed by atoms with van der Waals surface area (Å²) in [6, 6.07) is 4.87. The first-order valence-corrected chi connectivity index (χ1v) is 6.81. The van der Waals surface area contributed by atoms with Gasteiger partial charge in [0, 0.05) is 37.8 Å². The number of carbonyl (C=O) groups excluding carboxylic acids is 1. The summed E-state index contributed by atoms with van der Waals surface area (Å²) in [7, 11) is 0. The van der Waals surface area contributed by atoms with E-state index < -0.39 is 4.92 Å². The number of nitrogens with zero attached hydrogens (tertiary/aromatic N) is 2. The van der Waals surface area contributed by atoms with E-state index in [-0.39, 0.29) is 22.7 Å². The quantitative estimate of drug-likeness (QED) is 0.687. The number of hydrogen-bond acceptors (Lipinski definition) is 4.